The summed E-state index contributed by atoms with van der Waals surface area (Å²) in [5, 5.41) is 12.3. The number of likely N-dealkylation sites (tertiary alicyclic amines) is 1. The minimum absolute atomic E-state index is 0.0808. The molecule has 0 spiro atoms. The fraction of sp³-hybridized carbons (Fsp3) is 0.231. The lowest BCUT2D eigenvalue weighted by molar-refractivity contribution is 0.0707. The van der Waals surface area contributed by atoms with Gasteiger partial charge in [-0.05, 0) is 44.2 Å². The number of carbonyl (C=O) groups excluding carboxylic acids is 1. The topological polar surface area (TPSA) is 86.3 Å². The molecule has 0 radical (unpaired) electrons. The molecular weight excluding hydrogens is 412 g/mol. The van der Waals surface area contributed by atoms with Gasteiger partial charge in [0.05, 0.1) is 35.4 Å². The smallest absolute Gasteiger partial charge is 0.253 e. The number of amides is 1. The molecular formula is C26H24N6O. The first kappa shape index (κ1) is 20.9. The number of benzene rings is 2. The minimum atomic E-state index is 0.0808. The molecule has 0 bridgehead atoms. The van der Waals surface area contributed by atoms with E-state index in [9.17, 15) is 4.79 Å². The summed E-state index contributed by atoms with van der Waals surface area (Å²) < 4.78 is 1.99. The molecule has 1 saturated heterocycles. The average molecular weight is 437 g/mol. The van der Waals surface area contributed by atoms with Crippen LogP contribution in [-0.2, 0) is 0 Å². The Balaban J connectivity index is 1.39. The largest absolute Gasteiger partial charge is 0.339 e. The van der Waals surface area contributed by atoms with Crippen LogP contribution < -0.4 is 5.32 Å². The molecule has 7 nitrogen and oxygen atoms in total. The molecule has 1 N–H and O–H groups in total. The van der Waals surface area contributed by atoms with Crippen molar-refractivity contribution in [3.05, 3.63) is 78.2 Å². The van der Waals surface area contributed by atoms with Gasteiger partial charge < -0.3 is 10.2 Å². The number of aromatic nitrogens is 3. The maximum Gasteiger partial charge on any atom is 0.253 e. The third-order valence-corrected chi connectivity index (χ3v) is 6.32. The average Bonchev–Trinajstić information content (AvgIpc) is 3.32. The van der Waals surface area contributed by atoms with E-state index in [1.54, 1.807) is 24.5 Å². The van der Waals surface area contributed by atoms with Gasteiger partial charge in [0.1, 0.15) is 0 Å². The summed E-state index contributed by atoms with van der Waals surface area (Å²) in [4.78, 5) is 23.8. The molecule has 4 aromatic rings. The van der Waals surface area contributed by atoms with Crippen LogP contribution in [0.2, 0.25) is 0 Å². The van der Waals surface area contributed by atoms with Crippen molar-refractivity contribution in [1.29, 1.82) is 5.26 Å². The zero-order valence-electron chi connectivity index (χ0n) is 18.4. The zero-order valence-corrected chi connectivity index (χ0v) is 18.4. The van der Waals surface area contributed by atoms with Crippen molar-refractivity contribution in [3.63, 3.8) is 0 Å². The van der Waals surface area contributed by atoms with Crippen LogP contribution in [0.15, 0.2) is 67.1 Å². The van der Waals surface area contributed by atoms with Crippen LogP contribution >= 0.6 is 0 Å². The van der Waals surface area contributed by atoms with Crippen molar-refractivity contribution in [3.8, 4) is 28.6 Å². The van der Waals surface area contributed by atoms with Crippen LogP contribution in [0.1, 0.15) is 28.8 Å². The van der Waals surface area contributed by atoms with E-state index in [1.165, 1.54) is 0 Å². The Hall–Kier alpha value is -4.02. The van der Waals surface area contributed by atoms with E-state index in [4.69, 9.17) is 5.26 Å². The summed E-state index contributed by atoms with van der Waals surface area (Å²) in [5.41, 5.74) is 5.69. The van der Waals surface area contributed by atoms with Crippen molar-refractivity contribution in [2.75, 3.05) is 20.1 Å². The van der Waals surface area contributed by atoms with Crippen LogP contribution in [0.4, 0.5) is 0 Å². The van der Waals surface area contributed by atoms with E-state index in [1.807, 2.05) is 58.9 Å². The predicted octanol–water partition coefficient (Wildman–Crippen LogP) is 3.76. The minimum Gasteiger partial charge on any atom is -0.339 e. The van der Waals surface area contributed by atoms with Crippen molar-refractivity contribution < 1.29 is 4.79 Å². The number of fused-ring (bicyclic) bond motifs is 1. The van der Waals surface area contributed by atoms with Crippen molar-refractivity contribution in [2.45, 2.75) is 18.9 Å². The van der Waals surface area contributed by atoms with Crippen LogP contribution in [0.5, 0.6) is 0 Å². The number of nitrogens with zero attached hydrogens (tertiary/aromatic N) is 5. The van der Waals surface area contributed by atoms with Gasteiger partial charge in [0.15, 0.2) is 5.65 Å². The Morgan fingerprint density at radius 2 is 1.70 bits per heavy atom. The number of piperidine rings is 1. The Bertz CT molecular complexity index is 1330. The molecule has 1 aliphatic rings. The van der Waals surface area contributed by atoms with E-state index >= 15 is 0 Å². The standard InChI is InChI=1S/C26H24N6O/c1-28-22-10-12-31(13-11-22)26(33)21-8-6-19(7-9-21)23-17-32-24(15-30-25(32)16-29-23)20-4-2-18(14-27)3-5-20/h2-9,15-17,22,28H,10-13H2,1H3. The van der Waals surface area contributed by atoms with E-state index in [2.05, 4.69) is 21.4 Å². The maximum atomic E-state index is 12.9. The van der Waals surface area contributed by atoms with Gasteiger partial charge in [-0.1, -0.05) is 24.3 Å². The number of nitriles is 1. The molecule has 3 heterocycles. The molecule has 33 heavy (non-hydrogen) atoms. The van der Waals surface area contributed by atoms with E-state index in [-0.39, 0.29) is 5.91 Å². The SMILES string of the molecule is CNC1CCN(C(=O)c2ccc(-c3cn4c(-c5ccc(C#N)cc5)cnc4cn3)cc2)CC1. The molecule has 0 unspecified atom stereocenters. The summed E-state index contributed by atoms with van der Waals surface area (Å²) in [6, 6.07) is 17.7. The number of carbonyl (C=O) groups is 1. The molecule has 7 heteroatoms. The Morgan fingerprint density at radius 1 is 1.00 bits per heavy atom. The predicted molar refractivity (Wildman–Crippen MR) is 127 cm³/mol. The lowest BCUT2D eigenvalue weighted by atomic mass is 10.0. The Morgan fingerprint density at radius 3 is 2.36 bits per heavy atom. The first-order chi connectivity index (χ1) is 16.2. The molecule has 5 rings (SSSR count). The quantitative estimate of drug-likeness (QED) is 0.526. The summed E-state index contributed by atoms with van der Waals surface area (Å²) in [7, 11) is 1.98. The molecule has 0 saturated carbocycles. The first-order valence-electron chi connectivity index (χ1n) is 11.1. The monoisotopic (exact) mass is 436 g/mol. The summed E-state index contributed by atoms with van der Waals surface area (Å²) >= 11 is 0. The van der Waals surface area contributed by atoms with Crippen LogP contribution in [0, 0.1) is 11.3 Å². The summed E-state index contributed by atoms with van der Waals surface area (Å²) in [6.07, 6.45) is 7.47. The van der Waals surface area contributed by atoms with Gasteiger partial charge in [-0.3, -0.25) is 14.2 Å². The van der Waals surface area contributed by atoms with Crippen molar-refractivity contribution >= 4 is 11.6 Å². The first-order valence-corrected chi connectivity index (χ1v) is 11.1. The number of hydrogen-bond donors (Lipinski definition) is 1. The maximum absolute atomic E-state index is 12.9. The highest BCUT2D eigenvalue weighted by atomic mass is 16.2. The fourth-order valence-corrected chi connectivity index (χ4v) is 4.30. The molecule has 2 aromatic carbocycles. The zero-order chi connectivity index (χ0) is 22.8. The summed E-state index contributed by atoms with van der Waals surface area (Å²) in [5.74, 6) is 0.0808. The molecule has 1 fully saturated rings. The molecule has 0 aliphatic carbocycles. The van der Waals surface area contributed by atoms with Crippen LogP contribution in [-0.4, -0.2) is 51.4 Å². The lowest BCUT2D eigenvalue weighted by Gasteiger charge is -2.31. The van der Waals surface area contributed by atoms with Gasteiger partial charge in [0.25, 0.3) is 5.91 Å². The third-order valence-electron chi connectivity index (χ3n) is 6.32. The second-order valence-corrected chi connectivity index (χ2v) is 8.27. The van der Waals surface area contributed by atoms with Crippen molar-refractivity contribution in [2.24, 2.45) is 0 Å². The highest BCUT2D eigenvalue weighted by Gasteiger charge is 2.22. The number of hydrogen-bond acceptors (Lipinski definition) is 5. The van der Waals surface area contributed by atoms with Gasteiger partial charge in [-0.2, -0.15) is 5.26 Å². The van der Waals surface area contributed by atoms with Gasteiger partial charge >= 0.3 is 0 Å². The molecule has 1 amide bonds. The number of rotatable bonds is 4. The van der Waals surface area contributed by atoms with Gasteiger partial charge in [-0.15, -0.1) is 0 Å². The van der Waals surface area contributed by atoms with E-state index in [0.717, 1.165) is 54.1 Å². The number of imidazole rings is 1. The molecule has 2 aromatic heterocycles. The number of nitrogens with one attached hydrogen (secondary N) is 1. The molecule has 164 valence electrons. The van der Waals surface area contributed by atoms with Gasteiger partial charge in [0, 0.05) is 42.0 Å². The highest BCUT2D eigenvalue weighted by Crippen LogP contribution is 2.25. The van der Waals surface area contributed by atoms with Crippen LogP contribution in [0.25, 0.3) is 28.2 Å². The Kier molecular flexibility index (Phi) is 5.59. The lowest BCUT2D eigenvalue weighted by Crippen LogP contribution is -2.43. The highest BCUT2D eigenvalue weighted by molar-refractivity contribution is 5.94. The third kappa shape index (κ3) is 4.09. The summed E-state index contributed by atoms with van der Waals surface area (Å²) in [6.45, 7) is 1.56. The van der Waals surface area contributed by atoms with Crippen LogP contribution in [0.3, 0.4) is 0 Å². The molecule has 0 atom stereocenters. The second-order valence-electron chi connectivity index (χ2n) is 8.27. The van der Waals surface area contributed by atoms with Gasteiger partial charge in [0.2, 0.25) is 0 Å². The van der Waals surface area contributed by atoms with E-state index in [0.29, 0.717) is 17.2 Å². The van der Waals surface area contributed by atoms with E-state index < -0.39 is 0 Å². The normalized spacial score (nSPS) is 14.4. The van der Waals surface area contributed by atoms with Gasteiger partial charge in [-0.25, -0.2) is 4.98 Å². The fourth-order valence-electron chi connectivity index (χ4n) is 4.30. The second kappa shape index (κ2) is 8.85. The Labute approximate surface area is 192 Å². The molecule has 1 aliphatic heterocycles. The van der Waals surface area contributed by atoms with Crippen molar-refractivity contribution in [1.82, 2.24) is 24.6 Å².